The minimum atomic E-state index is -0.164. The molecule has 1 amide bonds. The van der Waals surface area contributed by atoms with Gasteiger partial charge in [0, 0.05) is 31.7 Å². The van der Waals surface area contributed by atoms with E-state index in [4.69, 9.17) is 4.74 Å². The first kappa shape index (κ1) is 18.2. The van der Waals surface area contributed by atoms with E-state index in [0.717, 1.165) is 32.5 Å². The number of hydrogen-bond acceptors (Lipinski definition) is 4. The molecule has 1 saturated heterocycles. The van der Waals surface area contributed by atoms with Crippen molar-refractivity contribution in [1.82, 2.24) is 15.1 Å². The SMILES string of the molecule is CCOC(=O)N1CCC(NC(CC(C)C)CN(C)C)CC1. The number of rotatable bonds is 7. The number of amides is 1. The van der Waals surface area contributed by atoms with E-state index in [1.807, 2.05) is 11.8 Å². The second-order valence-electron chi connectivity index (χ2n) is 6.72. The monoisotopic (exact) mass is 299 g/mol. The average molecular weight is 299 g/mol. The molecule has 0 aromatic heterocycles. The molecule has 1 atom stereocenters. The molecule has 1 unspecified atom stereocenters. The average Bonchev–Trinajstić information content (AvgIpc) is 2.38. The fraction of sp³-hybridized carbons (Fsp3) is 0.938. The van der Waals surface area contributed by atoms with Crippen LogP contribution in [-0.2, 0) is 4.74 Å². The Labute approximate surface area is 130 Å². The van der Waals surface area contributed by atoms with Crippen molar-refractivity contribution >= 4 is 6.09 Å². The summed E-state index contributed by atoms with van der Waals surface area (Å²) in [5, 5.41) is 3.79. The molecule has 0 saturated carbocycles. The van der Waals surface area contributed by atoms with E-state index < -0.39 is 0 Å². The zero-order valence-electron chi connectivity index (χ0n) is 14.4. The van der Waals surface area contributed by atoms with Crippen molar-refractivity contribution in [3.63, 3.8) is 0 Å². The summed E-state index contributed by atoms with van der Waals surface area (Å²) in [5.74, 6) is 0.696. The first-order chi connectivity index (χ1) is 9.92. The fourth-order valence-electron chi connectivity index (χ4n) is 2.98. The summed E-state index contributed by atoms with van der Waals surface area (Å²) in [6.07, 6.45) is 3.06. The van der Waals surface area contributed by atoms with Gasteiger partial charge in [0.05, 0.1) is 6.61 Å². The summed E-state index contributed by atoms with van der Waals surface area (Å²) in [6, 6.07) is 1.04. The molecule has 0 bridgehead atoms. The lowest BCUT2D eigenvalue weighted by Gasteiger charge is -2.35. The van der Waals surface area contributed by atoms with Crippen LogP contribution in [0.25, 0.3) is 0 Å². The van der Waals surface area contributed by atoms with E-state index in [1.165, 1.54) is 6.42 Å². The highest BCUT2D eigenvalue weighted by atomic mass is 16.6. The Hall–Kier alpha value is -0.810. The van der Waals surface area contributed by atoms with Gasteiger partial charge in [-0.2, -0.15) is 0 Å². The van der Waals surface area contributed by atoms with Crippen LogP contribution in [0.2, 0.25) is 0 Å². The molecule has 0 spiro atoms. The Balaban J connectivity index is 2.39. The normalized spacial score (nSPS) is 18.3. The highest BCUT2D eigenvalue weighted by Gasteiger charge is 2.25. The summed E-state index contributed by atoms with van der Waals surface area (Å²) in [4.78, 5) is 15.8. The van der Waals surface area contributed by atoms with Gasteiger partial charge in [-0.25, -0.2) is 4.79 Å². The zero-order chi connectivity index (χ0) is 15.8. The molecule has 5 heteroatoms. The number of ether oxygens (including phenoxy) is 1. The minimum Gasteiger partial charge on any atom is -0.450 e. The van der Waals surface area contributed by atoms with Crippen LogP contribution in [0.15, 0.2) is 0 Å². The number of nitrogens with zero attached hydrogens (tertiary/aromatic N) is 2. The lowest BCUT2D eigenvalue weighted by Crippen LogP contribution is -2.50. The number of likely N-dealkylation sites (tertiary alicyclic amines) is 1. The third-order valence-corrected chi connectivity index (χ3v) is 3.83. The Kier molecular flexibility index (Phi) is 8.04. The third-order valence-electron chi connectivity index (χ3n) is 3.83. The molecule has 0 aromatic carbocycles. The highest BCUT2D eigenvalue weighted by molar-refractivity contribution is 5.67. The van der Waals surface area contributed by atoms with Crippen molar-refractivity contribution in [1.29, 1.82) is 0 Å². The van der Waals surface area contributed by atoms with Crippen molar-refractivity contribution in [2.24, 2.45) is 5.92 Å². The lowest BCUT2D eigenvalue weighted by molar-refractivity contribution is 0.0934. The molecule has 124 valence electrons. The predicted molar refractivity (Wildman–Crippen MR) is 86.5 cm³/mol. The number of nitrogens with one attached hydrogen (secondary N) is 1. The molecular formula is C16H33N3O2. The third kappa shape index (κ3) is 7.14. The first-order valence-corrected chi connectivity index (χ1v) is 8.24. The van der Waals surface area contributed by atoms with Crippen LogP contribution in [0.4, 0.5) is 4.79 Å². The summed E-state index contributed by atoms with van der Waals surface area (Å²) >= 11 is 0. The van der Waals surface area contributed by atoms with Gasteiger partial charge in [-0.15, -0.1) is 0 Å². The van der Waals surface area contributed by atoms with Crippen molar-refractivity contribution in [3.05, 3.63) is 0 Å². The van der Waals surface area contributed by atoms with E-state index in [2.05, 4.69) is 38.2 Å². The fourth-order valence-corrected chi connectivity index (χ4v) is 2.98. The van der Waals surface area contributed by atoms with Crippen LogP contribution in [-0.4, -0.2) is 68.3 Å². The van der Waals surface area contributed by atoms with Crippen molar-refractivity contribution in [3.8, 4) is 0 Å². The van der Waals surface area contributed by atoms with E-state index in [1.54, 1.807) is 0 Å². The zero-order valence-corrected chi connectivity index (χ0v) is 14.4. The van der Waals surface area contributed by atoms with Gasteiger partial charge in [-0.3, -0.25) is 0 Å². The standard InChI is InChI=1S/C16H33N3O2/c1-6-21-16(20)19-9-7-14(8-10-19)17-15(11-13(2)3)12-18(4)5/h13-15,17H,6-12H2,1-5H3. The van der Waals surface area contributed by atoms with Gasteiger partial charge in [-0.05, 0) is 46.2 Å². The maximum absolute atomic E-state index is 11.7. The van der Waals surface area contributed by atoms with Gasteiger partial charge >= 0.3 is 6.09 Å². The summed E-state index contributed by atoms with van der Waals surface area (Å²) in [7, 11) is 4.25. The molecule has 0 aliphatic carbocycles. The van der Waals surface area contributed by atoms with Gasteiger partial charge in [0.15, 0.2) is 0 Å². The number of carbonyl (C=O) groups is 1. The molecule has 1 fully saturated rings. The number of likely N-dealkylation sites (N-methyl/N-ethyl adjacent to an activating group) is 1. The molecular weight excluding hydrogens is 266 g/mol. The van der Waals surface area contributed by atoms with Gasteiger partial charge in [0.25, 0.3) is 0 Å². The molecule has 1 aliphatic rings. The van der Waals surface area contributed by atoms with Gasteiger partial charge < -0.3 is 19.9 Å². The summed E-state index contributed by atoms with van der Waals surface area (Å²) in [5.41, 5.74) is 0. The Bertz CT molecular complexity index is 290. The van der Waals surface area contributed by atoms with E-state index in [9.17, 15) is 4.79 Å². The van der Waals surface area contributed by atoms with Gasteiger partial charge in [0.2, 0.25) is 0 Å². The quantitative estimate of drug-likeness (QED) is 0.782. The van der Waals surface area contributed by atoms with Crippen molar-refractivity contribution in [2.75, 3.05) is 40.3 Å². The Morgan fingerprint density at radius 3 is 2.43 bits per heavy atom. The van der Waals surface area contributed by atoms with Crippen LogP contribution in [0.3, 0.4) is 0 Å². The van der Waals surface area contributed by atoms with E-state index >= 15 is 0 Å². The van der Waals surface area contributed by atoms with Crippen molar-refractivity contribution in [2.45, 2.75) is 52.1 Å². The minimum absolute atomic E-state index is 0.164. The maximum atomic E-state index is 11.7. The highest BCUT2D eigenvalue weighted by Crippen LogP contribution is 2.14. The van der Waals surface area contributed by atoms with E-state index in [-0.39, 0.29) is 6.09 Å². The molecule has 1 N–H and O–H groups in total. The largest absolute Gasteiger partial charge is 0.450 e. The van der Waals surface area contributed by atoms with Crippen LogP contribution in [0.5, 0.6) is 0 Å². The van der Waals surface area contributed by atoms with Crippen LogP contribution in [0, 0.1) is 5.92 Å². The van der Waals surface area contributed by atoms with Gasteiger partial charge in [-0.1, -0.05) is 13.8 Å². The topological polar surface area (TPSA) is 44.8 Å². The first-order valence-electron chi connectivity index (χ1n) is 8.24. The molecule has 0 aromatic rings. The van der Waals surface area contributed by atoms with Gasteiger partial charge in [0.1, 0.15) is 0 Å². The van der Waals surface area contributed by atoms with Crippen LogP contribution < -0.4 is 5.32 Å². The molecule has 5 nitrogen and oxygen atoms in total. The second kappa shape index (κ2) is 9.26. The summed E-state index contributed by atoms with van der Waals surface area (Å²) in [6.45, 7) is 9.51. The molecule has 1 heterocycles. The Morgan fingerprint density at radius 2 is 1.95 bits per heavy atom. The smallest absolute Gasteiger partial charge is 0.409 e. The summed E-state index contributed by atoms with van der Waals surface area (Å²) < 4.78 is 5.06. The van der Waals surface area contributed by atoms with Crippen LogP contribution >= 0.6 is 0 Å². The lowest BCUT2D eigenvalue weighted by atomic mass is 9.99. The molecule has 1 rings (SSSR count). The van der Waals surface area contributed by atoms with Crippen LogP contribution in [0.1, 0.15) is 40.0 Å². The number of hydrogen-bond donors (Lipinski definition) is 1. The molecule has 0 radical (unpaired) electrons. The number of piperidine rings is 1. The molecule has 21 heavy (non-hydrogen) atoms. The maximum Gasteiger partial charge on any atom is 0.409 e. The van der Waals surface area contributed by atoms with Crippen molar-refractivity contribution < 1.29 is 9.53 Å². The van der Waals surface area contributed by atoms with E-state index in [0.29, 0.717) is 24.6 Å². The Morgan fingerprint density at radius 1 is 1.33 bits per heavy atom. The number of carbonyl (C=O) groups excluding carboxylic acids is 1. The molecule has 1 aliphatic heterocycles. The second-order valence-corrected chi connectivity index (χ2v) is 6.72. The predicted octanol–water partition coefficient (Wildman–Crippen LogP) is 2.17.